The third kappa shape index (κ3) is 2.94. The van der Waals surface area contributed by atoms with Crippen LogP contribution in [0.3, 0.4) is 0 Å². The van der Waals surface area contributed by atoms with Crippen LogP contribution in [0.1, 0.15) is 17.4 Å². The highest BCUT2D eigenvalue weighted by molar-refractivity contribution is 5.23. The molecule has 0 bridgehead atoms. The Morgan fingerprint density at radius 1 is 1.26 bits per heavy atom. The highest BCUT2D eigenvalue weighted by Crippen LogP contribution is 2.23. The molecule has 1 atom stereocenters. The van der Waals surface area contributed by atoms with Gasteiger partial charge < -0.3 is 10.2 Å². The molecule has 2 aromatic rings. The van der Waals surface area contributed by atoms with Gasteiger partial charge in [-0.05, 0) is 30.2 Å². The van der Waals surface area contributed by atoms with Gasteiger partial charge in [0.15, 0.2) is 11.6 Å². The standard InChI is InChI=1S/C12H10F2N2O3/c13-8-2-1-7(5-9(8)14)6-10(15)11-3-4-12(19-11)16(17)18/h1-5,10H,6,15H2. The summed E-state index contributed by atoms with van der Waals surface area (Å²) in [6, 6.07) is 5.35. The van der Waals surface area contributed by atoms with Crippen LogP contribution in [0.2, 0.25) is 0 Å². The second kappa shape index (κ2) is 5.15. The Hall–Kier alpha value is -2.28. The summed E-state index contributed by atoms with van der Waals surface area (Å²) in [5, 5.41) is 10.5. The van der Waals surface area contributed by atoms with Gasteiger partial charge in [0, 0.05) is 0 Å². The quantitative estimate of drug-likeness (QED) is 0.682. The lowest BCUT2D eigenvalue weighted by Crippen LogP contribution is -2.12. The van der Waals surface area contributed by atoms with E-state index in [4.69, 9.17) is 10.2 Å². The van der Waals surface area contributed by atoms with Crippen molar-refractivity contribution in [3.8, 4) is 0 Å². The zero-order valence-electron chi connectivity index (χ0n) is 9.68. The maximum atomic E-state index is 13.0. The predicted octanol–water partition coefficient (Wildman–Crippen LogP) is 2.71. The molecule has 1 aromatic carbocycles. The first kappa shape index (κ1) is 13.2. The number of hydrogen-bond acceptors (Lipinski definition) is 4. The Labute approximate surface area is 106 Å². The minimum atomic E-state index is -0.963. The summed E-state index contributed by atoms with van der Waals surface area (Å²) in [4.78, 5) is 9.78. The number of furan rings is 1. The van der Waals surface area contributed by atoms with Crippen molar-refractivity contribution >= 4 is 5.88 Å². The monoisotopic (exact) mass is 268 g/mol. The number of nitrogens with two attached hydrogens (primary N) is 1. The highest BCUT2D eigenvalue weighted by atomic mass is 19.2. The van der Waals surface area contributed by atoms with Crippen LogP contribution in [0.25, 0.3) is 0 Å². The molecule has 0 aliphatic rings. The number of rotatable bonds is 4. The minimum Gasteiger partial charge on any atom is -0.404 e. The molecule has 2 N–H and O–H groups in total. The Kier molecular flexibility index (Phi) is 3.57. The summed E-state index contributed by atoms with van der Waals surface area (Å²) in [5.41, 5.74) is 6.27. The number of hydrogen-bond donors (Lipinski definition) is 1. The molecule has 100 valence electrons. The predicted molar refractivity (Wildman–Crippen MR) is 62.4 cm³/mol. The Balaban J connectivity index is 2.13. The molecule has 0 amide bonds. The normalized spacial score (nSPS) is 12.4. The van der Waals surface area contributed by atoms with E-state index in [1.807, 2.05) is 0 Å². The summed E-state index contributed by atoms with van der Waals surface area (Å²) < 4.78 is 30.7. The van der Waals surface area contributed by atoms with Gasteiger partial charge >= 0.3 is 5.88 Å². The molecule has 1 unspecified atom stereocenters. The van der Waals surface area contributed by atoms with Crippen molar-refractivity contribution in [3.05, 3.63) is 63.4 Å². The Bertz CT molecular complexity index is 613. The van der Waals surface area contributed by atoms with Gasteiger partial charge in [0.1, 0.15) is 10.7 Å². The van der Waals surface area contributed by atoms with E-state index < -0.39 is 28.5 Å². The maximum absolute atomic E-state index is 13.0. The summed E-state index contributed by atoms with van der Waals surface area (Å²) in [7, 11) is 0. The molecule has 0 spiro atoms. The Morgan fingerprint density at radius 3 is 2.58 bits per heavy atom. The van der Waals surface area contributed by atoms with Crippen LogP contribution in [0.4, 0.5) is 14.7 Å². The highest BCUT2D eigenvalue weighted by Gasteiger charge is 2.17. The lowest BCUT2D eigenvalue weighted by atomic mass is 10.0. The smallest absolute Gasteiger partial charge is 0.404 e. The summed E-state index contributed by atoms with van der Waals surface area (Å²) in [6.07, 6.45) is 0.182. The van der Waals surface area contributed by atoms with Gasteiger partial charge in [-0.25, -0.2) is 8.78 Å². The molecule has 0 saturated carbocycles. The fraction of sp³-hybridized carbons (Fsp3) is 0.167. The molecular formula is C12H10F2N2O3. The van der Waals surface area contributed by atoms with E-state index in [1.54, 1.807) is 0 Å². The average Bonchev–Trinajstić information content (AvgIpc) is 2.83. The van der Waals surface area contributed by atoms with Crippen LogP contribution < -0.4 is 5.73 Å². The van der Waals surface area contributed by atoms with Crippen molar-refractivity contribution in [3.63, 3.8) is 0 Å². The van der Waals surface area contributed by atoms with Crippen LogP contribution in [0.15, 0.2) is 34.7 Å². The molecule has 1 aromatic heterocycles. The molecule has 0 radical (unpaired) electrons. The minimum absolute atomic E-state index is 0.182. The van der Waals surface area contributed by atoms with Crippen molar-refractivity contribution in [1.82, 2.24) is 0 Å². The lowest BCUT2D eigenvalue weighted by Gasteiger charge is -2.08. The molecule has 19 heavy (non-hydrogen) atoms. The second-order valence-corrected chi connectivity index (χ2v) is 3.99. The van der Waals surface area contributed by atoms with E-state index in [2.05, 4.69) is 0 Å². The second-order valence-electron chi connectivity index (χ2n) is 3.99. The molecular weight excluding hydrogens is 258 g/mol. The summed E-state index contributed by atoms with van der Waals surface area (Å²) in [6.45, 7) is 0. The fourth-order valence-electron chi connectivity index (χ4n) is 1.66. The van der Waals surface area contributed by atoms with Crippen LogP contribution in [0.5, 0.6) is 0 Å². The molecule has 0 aliphatic carbocycles. The molecule has 0 fully saturated rings. The molecule has 7 heteroatoms. The van der Waals surface area contributed by atoms with Gasteiger partial charge in [0.25, 0.3) is 0 Å². The van der Waals surface area contributed by atoms with Crippen molar-refractivity contribution in [1.29, 1.82) is 0 Å². The molecule has 0 saturated heterocycles. The van der Waals surface area contributed by atoms with Crippen molar-refractivity contribution in [2.24, 2.45) is 5.73 Å². The van der Waals surface area contributed by atoms with E-state index in [-0.39, 0.29) is 12.2 Å². The SMILES string of the molecule is NC(Cc1ccc(F)c(F)c1)c1ccc([N+](=O)[O-])o1. The third-order valence-electron chi connectivity index (χ3n) is 2.60. The maximum Gasteiger partial charge on any atom is 0.433 e. The zero-order valence-corrected chi connectivity index (χ0v) is 9.68. The number of nitrogens with zero attached hydrogens (tertiary/aromatic N) is 1. The van der Waals surface area contributed by atoms with Crippen LogP contribution in [0, 0.1) is 21.7 Å². The van der Waals surface area contributed by atoms with Gasteiger partial charge in [-0.3, -0.25) is 10.1 Å². The summed E-state index contributed by atoms with van der Waals surface area (Å²) >= 11 is 0. The van der Waals surface area contributed by atoms with Gasteiger partial charge in [-0.1, -0.05) is 6.07 Å². The number of nitro groups is 1. The molecule has 5 nitrogen and oxygen atoms in total. The first-order valence-corrected chi connectivity index (χ1v) is 5.41. The average molecular weight is 268 g/mol. The first-order chi connectivity index (χ1) is 8.97. The Morgan fingerprint density at radius 2 is 2.00 bits per heavy atom. The van der Waals surface area contributed by atoms with Crippen molar-refractivity contribution in [2.45, 2.75) is 12.5 Å². The number of benzene rings is 1. The van der Waals surface area contributed by atoms with Crippen molar-refractivity contribution < 1.29 is 18.1 Å². The van der Waals surface area contributed by atoms with E-state index in [0.29, 0.717) is 5.56 Å². The van der Waals surface area contributed by atoms with E-state index in [9.17, 15) is 18.9 Å². The first-order valence-electron chi connectivity index (χ1n) is 5.41. The van der Waals surface area contributed by atoms with Gasteiger partial charge in [0.2, 0.25) is 0 Å². The van der Waals surface area contributed by atoms with E-state index in [1.165, 1.54) is 18.2 Å². The fourth-order valence-corrected chi connectivity index (χ4v) is 1.66. The molecule has 0 aliphatic heterocycles. The third-order valence-corrected chi connectivity index (χ3v) is 2.60. The van der Waals surface area contributed by atoms with E-state index in [0.717, 1.165) is 12.1 Å². The molecule has 2 rings (SSSR count). The van der Waals surface area contributed by atoms with Crippen LogP contribution in [-0.4, -0.2) is 4.92 Å². The van der Waals surface area contributed by atoms with Gasteiger partial charge in [0.05, 0.1) is 12.1 Å². The van der Waals surface area contributed by atoms with Gasteiger partial charge in [-0.2, -0.15) is 0 Å². The van der Waals surface area contributed by atoms with Gasteiger partial charge in [-0.15, -0.1) is 0 Å². The molecule has 1 heterocycles. The van der Waals surface area contributed by atoms with E-state index >= 15 is 0 Å². The summed E-state index contributed by atoms with van der Waals surface area (Å²) in [5.74, 6) is -2.09. The topological polar surface area (TPSA) is 82.3 Å². The van der Waals surface area contributed by atoms with Crippen LogP contribution >= 0.6 is 0 Å². The largest absolute Gasteiger partial charge is 0.433 e. The number of halogens is 2. The van der Waals surface area contributed by atoms with Crippen molar-refractivity contribution in [2.75, 3.05) is 0 Å². The zero-order chi connectivity index (χ0) is 14.0. The van der Waals surface area contributed by atoms with Crippen LogP contribution in [-0.2, 0) is 6.42 Å². The lowest BCUT2D eigenvalue weighted by molar-refractivity contribution is -0.402.